The van der Waals surface area contributed by atoms with Crippen LogP contribution < -0.4 is 11.1 Å². The van der Waals surface area contributed by atoms with Gasteiger partial charge < -0.3 is 11.1 Å². The first-order valence-electron chi connectivity index (χ1n) is 5.73. The molecule has 4 N–H and O–H groups in total. The van der Waals surface area contributed by atoms with Crippen molar-refractivity contribution < 1.29 is 0 Å². The van der Waals surface area contributed by atoms with E-state index in [0.29, 0.717) is 5.82 Å². The molecule has 0 bridgehead atoms. The largest absolute Gasteiger partial charge is 0.383 e. The molecule has 2 heterocycles. The van der Waals surface area contributed by atoms with Crippen LogP contribution >= 0.6 is 11.3 Å². The Hall–Kier alpha value is -2.08. The van der Waals surface area contributed by atoms with Gasteiger partial charge in [0.25, 0.3) is 0 Å². The molecule has 3 aromatic rings. The van der Waals surface area contributed by atoms with Crippen molar-refractivity contribution in [3.8, 4) is 10.6 Å². The minimum absolute atomic E-state index is 0.546. The van der Waals surface area contributed by atoms with Crippen LogP contribution in [0.2, 0.25) is 0 Å². The van der Waals surface area contributed by atoms with Gasteiger partial charge in [-0.05, 0) is 19.1 Å². The second-order valence-electron chi connectivity index (χ2n) is 3.88. The Balaban J connectivity index is 2.16. The number of fused-ring (bicyclic) bond motifs is 1. The first-order valence-corrected chi connectivity index (χ1v) is 6.55. The average molecular weight is 259 g/mol. The van der Waals surface area contributed by atoms with Gasteiger partial charge in [0.2, 0.25) is 0 Å². The highest BCUT2D eigenvalue weighted by molar-refractivity contribution is 7.21. The number of aromatic amines is 1. The lowest BCUT2D eigenvalue weighted by molar-refractivity contribution is 1.07. The number of benzene rings is 1. The van der Waals surface area contributed by atoms with Crippen molar-refractivity contribution in [1.29, 1.82) is 0 Å². The van der Waals surface area contributed by atoms with Crippen LogP contribution in [0.5, 0.6) is 0 Å². The summed E-state index contributed by atoms with van der Waals surface area (Å²) in [6, 6.07) is 8.04. The molecule has 0 fully saturated rings. The first-order chi connectivity index (χ1) is 8.79. The van der Waals surface area contributed by atoms with Gasteiger partial charge in [-0.1, -0.05) is 12.1 Å². The molecule has 1 aromatic carbocycles. The summed E-state index contributed by atoms with van der Waals surface area (Å²) in [5.41, 5.74) is 7.78. The van der Waals surface area contributed by atoms with Gasteiger partial charge in [-0.2, -0.15) is 5.10 Å². The molecule has 0 unspecified atom stereocenters. The SMILES string of the molecule is CCNc1n[nH]c(N)c1-c1nc2ccccc2s1. The van der Waals surface area contributed by atoms with Crippen molar-refractivity contribution >= 4 is 33.2 Å². The van der Waals surface area contributed by atoms with Crippen LogP contribution in [0, 0.1) is 0 Å². The molecule has 3 rings (SSSR count). The number of hydrogen-bond donors (Lipinski definition) is 3. The van der Waals surface area contributed by atoms with E-state index in [1.807, 2.05) is 25.1 Å². The molecule has 0 aliphatic rings. The number of rotatable bonds is 3. The highest BCUT2D eigenvalue weighted by atomic mass is 32.1. The number of nitrogens with two attached hydrogens (primary N) is 1. The highest BCUT2D eigenvalue weighted by Crippen LogP contribution is 2.36. The van der Waals surface area contributed by atoms with Crippen LogP contribution in [0.15, 0.2) is 24.3 Å². The Morgan fingerprint density at radius 2 is 2.22 bits per heavy atom. The molecule has 0 radical (unpaired) electrons. The monoisotopic (exact) mass is 259 g/mol. The van der Waals surface area contributed by atoms with E-state index in [0.717, 1.165) is 33.2 Å². The molecule has 0 atom stereocenters. The number of hydrogen-bond acceptors (Lipinski definition) is 5. The van der Waals surface area contributed by atoms with Gasteiger partial charge >= 0.3 is 0 Å². The van der Waals surface area contributed by atoms with Gasteiger partial charge in [0.05, 0.1) is 15.8 Å². The van der Waals surface area contributed by atoms with Crippen molar-refractivity contribution in [1.82, 2.24) is 15.2 Å². The third-order valence-electron chi connectivity index (χ3n) is 2.65. The smallest absolute Gasteiger partial charge is 0.160 e. The lowest BCUT2D eigenvalue weighted by Gasteiger charge is -2.00. The van der Waals surface area contributed by atoms with E-state index in [1.165, 1.54) is 0 Å². The van der Waals surface area contributed by atoms with Gasteiger partial charge in [-0.15, -0.1) is 11.3 Å². The van der Waals surface area contributed by atoms with E-state index in [9.17, 15) is 0 Å². The number of nitrogens with one attached hydrogen (secondary N) is 2. The maximum Gasteiger partial charge on any atom is 0.160 e. The molecule has 0 saturated heterocycles. The van der Waals surface area contributed by atoms with Crippen molar-refractivity contribution in [3.05, 3.63) is 24.3 Å². The Bertz CT molecular complexity index is 652. The standard InChI is InChI=1S/C12H13N5S/c1-2-14-11-9(10(13)16-17-11)12-15-7-5-3-4-6-8(7)18-12/h3-6H,2H2,1H3,(H4,13,14,16,17). The maximum atomic E-state index is 5.93. The summed E-state index contributed by atoms with van der Waals surface area (Å²) in [7, 11) is 0. The fourth-order valence-electron chi connectivity index (χ4n) is 1.85. The third kappa shape index (κ3) is 1.70. The molecule has 2 aromatic heterocycles. The molecule has 0 aliphatic heterocycles. The minimum atomic E-state index is 0.546. The molecule has 18 heavy (non-hydrogen) atoms. The van der Waals surface area contributed by atoms with Gasteiger partial charge in [0, 0.05) is 6.54 Å². The average Bonchev–Trinajstić information content (AvgIpc) is 2.93. The molecule has 0 aliphatic carbocycles. The molecule has 0 amide bonds. The predicted molar refractivity (Wildman–Crippen MR) is 75.8 cm³/mol. The van der Waals surface area contributed by atoms with Crippen molar-refractivity contribution in [2.45, 2.75) is 6.92 Å². The number of aromatic nitrogens is 3. The van der Waals surface area contributed by atoms with E-state index in [-0.39, 0.29) is 0 Å². The summed E-state index contributed by atoms with van der Waals surface area (Å²) in [6.07, 6.45) is 0. The number of nitrogen functional groups attached to an aromatic ring is 1. The summed E-state index contributed by atoms with van der Waals surface area (Å²) < 4.78 is 1.15. The second kappa shape index (κ2) is 4.30. The highest BCUT2D eigenvalue weighted by Gasteiger charge is 2.16. The van der Waals surface area contributed by atoms with Gasteiger partial charge in [-0.25, -0.2) is 4.98 Å². The van der Waals surface area contributed by atoms with Gasteiger partial charge in [0.15, 0.2) is 5.82 Å². The third-order valence-corrected chi connectivity index (χ3v) is 3.70. The van der Waals surface area contributed by atoms with Crippen LogP contribution in [0.4, 0.5) is 11.6 Å². The van der Waals surface area contributed by atoms with Crippen LogP contribution in [0.25, 0.3) is 20.8 Å². The van der Waals surface area contributed by atoms with Gasteiger partial charge in [-0.3, -0.25) is 5.10 Å². The topological polar surface area (TPSA) is 79.6 Å². The van der Waals surface area contributed by atoms with E-state index in [2.05, 4.69) is 26.6 Å². The molecule has 6 heteroatoms. The van der Waals surface area contributed by atoms with Crippen molar-refractivity contribution in [3.63, 3.8) is 0 Å². The zero-order valence-electron chi connectivity index (χ0n) is 9.90. The summed E-state index contributed by atoms with van der Waals surface area (Å²) in [5, 5.41) is 11.0. The van der Waals surface area contributed by atoms with Crippen LogP contribution in [-0.4, -0.2) is 21.7 Å². The normalized spacial score (nSPS) is 10.9. The summed E-state index contributed by atoms with van der Waals surface area (Å²) >= 11 is 1.62. The predicted octanol–water partition coefficient (Wildman–Crippen LogP) is 2.70. The zero-order chi connectivity index (χ0) is 12.5. The Morgan fingerprint density at radius 1 is 1.39 bits per heavy atom. The number of H-pyrrole nitrogens is 1. The van der Waals surface area contributed by atoms with Gasteiger partial charge in [0.1, 0.15) is 10.8 Å². The first kappa shape index (κ1) is 11.0. The maximum absolute atomic E-state index is 5.93. The number of anilines is 2. The fraction of sp³-hybridized carbons (Fsp3) is 0.167. The number of para-hydroxylation sites is 1. The lowest BCUT2D eigenvalue weighted by atomic mass is 10.3. The molecule has 0 saturated carbocycles. The van der Waals surface area contributed by atoms with Crippen molar-refractivity contribution in [2.24, 2.45) is 0 Å². The quantitative estimate of drug-likeness (QED) is 0.675. The summed E-state index contributed by atoms with van der Waals surface area (Å²) in [4.78, 5) is 4.60. The number of nitrogens with zero attached hydrogens (tertiary/aromatic N) is 2. The summed E-state index contributed by atoms with van der Waals surface area (Å²) in [5.74, 6) is 1.30. The van der Waals surface area contributed by atoms with E-state index >= 15 is 0 Å². The van der Waals surface area contributed by atoms with Crippen LogP contribution in [0.1, 0.15) is 6.92 Å². The molecular formula is C12H13N5S. The number of thiazole rings is 1. The van der Waals surface area contributed by atoms with E-state index in [1.54, 1.807) is 11.3 Å². The minimum Gasteiger partial charge on any atom is -0.383 e. The van der Waals surface area contributed by atoms with Crippen LogP contribution in [-0.2, 0) is 0 Å². The molecule has 0 spiro atoms. The zero-order valence-corrected chi connectivity index (χ0v) is 10.7. The summed E-state index contributed by atoms with van der Waals surface area (Å²) in [6.45, 7) is 2.81. The molecule has 5 nitrogen and oxygen atoms in total. The molecular weight excluding hydrogens is 246 g/mol. The molecule has 92 valence electrons. The Labute approximate surface area is 108 Å². The Kier molecular flexibility index (Phi) is 2.64. The Morgan fingerprint density at radius 3 is 3.00 bits per heavy atom. The fourth-order valence-corrected chi connectivity index (χ4v) is 2.87. The van der Waals surface area contributed by atoms with E-state index in [4.69, 9.17) is 5.73 Å². The van der Waals surface area contributed by atoms with Crippen molar-refractivity contribution in [2.75, 3.05) is 17.6 Å². The van der Waals surface area contributed by atoms with Crippen LogP contribution in [0.3, 0.4) is 0 Å². The van der Waals surface area contributed by atoms with E-state index < -0.39 is 0 Å². The lowest BCUT2D eigenvalue weighted by Crippen LogP contribution is -1.98. The second-order valence-corrected chi connectivity index (χ2v) is 4.91.